The minimum atomic E-state index is -1.41. The molecule has 8 nitrogen and oxygen atoms in total. The highest BCUT2D eigenvalue weighted by molar-refractivity contribution is 5.26. The fraction of sp³-hybridized carbons (Fsp3) is 0.939. The third kappa shape index (κ3) is 4.29. The molecule has 8 heteroatoms. The van der Waals surface area contributed by atoms with Gasteiger partial charge in [0, 0.05) is 12.3 Å². The molecule has 3 unspecified atom stereocenters. The van der Waals surface area contributed by atoms with Gasteiger partial charge in [0.15, 0.2) is 12.1 Å². The first kappa shape index (κ1) is 29.1. The Labute approximate surface area is 244 Å². The molecule has 7 aliphatic rings. The number of hydrogen-bond acceptors (Lipinski definition) is 8. The van der Waals surface area contributed by atoms with Crippen molar-refractivity contribution < 1.29 is 39.4 Å². The van der Waals surface area contributed by atoms with E-state index >= 15 is 0 Å². The van der Waals surface area contributed by atoms with Gasteiger partial charge in [-0.1, -0.05) is 39.3 Å². The number of aliphatic hydroxyl groups is 4. The third-order valence-electron chi connectivity index (χ3n) is 13.5. The van der Waals surface area contributed by atoms with Gasteiger partial charge in [0.2, 0.25) is 0 Å². The molecule has 0 aromatic carbocycles. The number of fused-ring (bicyclic) bond motifs is 7. The quantitative estimate of drug-likeness (QED) is 0.377. The largest absolute Gasteiger partial charge is 0.394 e. The van der Waals surface area contributed by atoms with E-state index in [2.05, 4.69) is 33.8 Å². The van der Waals surface area contributed by atoms with Crippen LogP contribution in [-0.4, -0.2) is 82.3 Å². The molecular formula is C33H52O8. The maximum atomic E-state index is 10.5. The van der Waals surface area contributed by atoms with Crippen LogP contribution in [0.3, 0.4) is 0 Å². The fourth-order valence-electron chi connectivity index (χ4n) is 11.1. The lowest BCUT2D eigenvalue weighted by atomic mass is 9.47. The third-order valence-corrected chi connectivity index (χ3v) is 13.5. The van der Waals surface area contributed by atoms with Gasteiger partial charge >= 0.3 is 0 Å². The average Bonchev–Trinajstić information content (AvgIpc) is 3.40. The number of hydrogen-bond donors (Lipinski definition) is 4. The van der Waals surface area contributed by atoms with Crippen molar-refractivity contribution in [3.8, 4) is 0 Å². The Morgan fingerprint density at radius 1 is 0.976 bits per heavy atom. The molecule has 7 rings (SSSR count). The first-order chi connectivity index (χ1) is 19.5. The Kier molecular flexibility index (Phi) is 7.27. The topological polar surface area (TPSA) is 118 Å². The fourth-order valence-corrected chi connectivity index (χ4v) is 11.1. The van der Waals surface area contributed by atoms with Gasteiger partial charge in [-0.3, -0.25) is 0 Å². The number of ether oxygens (including phenoxy) is 4. The standard InChI is InChI=1S/C33H52O8/c1-17-7-12-33(38-16-17)18(2)26-24(41-33)14-23-21-6-5-19-13-20(8-10-31(19,3)22(21)9-11-32(23,26)4)39-30-29(37)28(36)27(35)25(15-34)40-30/h5,17-18,20-30,34-37H,6-16H2,1-4H3/t17-,18+,20-,21?,22?,23+,24+,25-,26?,27-,28+,29-,30-,31+,32+,33-/m1/s1. The van der Waals surface area contributed by atoms with Crippen LogP contribution >= 0.6 is 0 Å². The molecule has 41 heavy (non-hydrogen) atoms. The van der Waals surface area contributed by atoms with Crippen LogP contribution in [0.15, 0.2) is 11.6 Å². The lowest BCUT2D eigenvalue weighted by Crippen LogP contribution is -2.60. The van der Waals surface area contributed by atoms with E-state index < -0.39 is 37.3 Å². The predicted molar refractivity (Wildman–Crippen MR) is 150 cm³/mol. The van der Waals surface area contributed by atoms with Crippen molar-refractivity contribution in [1.82, 2.24) is 0 Å². The summed E-state index contributed by atoms with van der Waals surface area (Å²) in [5, 5.41) is 40.4. The highest BCUT2D eigenvalue weighted by atomic mass is 16.7. The van der Waals surface area contributed by atoms with Crippen LogP contribution in [0.25, 0.3) is 0 Å². The van der Waals surface area contributed by atoms with E-state index in [1.807, 2.05) is 0 Å². The molecule has 1 spiro atoms. The molecule has 3 saturated heterocycles. The summed E-state index contributed by atoms with van der Waals surface area (Å²) in [4.78, 5) is 0. The summed E-state index contributed by atoms with van der Waals surface area (Å²) in [6.07, 6.45) is 6.24. The monoisotopic (exact) mass is 576 g/mol. The second-order valence-electron chi connectivity index (χ2n) is 15.5. The highest BCUT2D eigenvalue weighted by Gasteiger charge is 2.68. The van der Waals surface area contributed by atoms with Crippen LogP contribution < -0.4 is 0 Å². The second-order valence-corrected chi connectivity index (χ2v) is 15.5. The lowest BCUT2D eigenvalue weighted by molar-refractivity contribution is -0.313. The van der Waals surface area contributed by atoms with Crippen molar-refractivity contribution in [3.05, 3.63) is 11.6 Å². The van der Waals surface area contributed by atoms with Crippen LogP contribution in [-0.2, 0) is 18.9 Å². The van der Waals surface area contributed by atoms with E-state index in [-0.39, 0.29) is 17.3 Å². The molecule has 3 heterocycles. The Morgan fingerprint density at radius 2 is 1.78 bits per heavy atom. The molecular weight excluding hydrogens is 524 g/mol. The molecule has 0 bridgehead atoms. The summed E-state index contributed by atoms with van der Waals surface area (Å²) in [7, 11) is 0. The molecule has 3 saturated carbocycles. The molecule has 232 valence electrons. The van der Waals surface area contributed by atoms with Crippen molar-refractivity contribution in [3.63, 3.8) is 0 Å². The first-order valence-corrected chi connectivity index (χ1v) is 16.5. The van der Waals surface area contributed by atoms with E-state index in [9.17, 15) is 20.4 Å². The zero-order valence-electron chi connectivity index (χ0n) is 25.3. The lowest BCUT2D eigenvalue weighted by Gasteiger charge is -2.58. The van der Waals surface area contributed by atoms with Crippen molar-refractivity contribution in [2.45, 2.75) is 134 Å². The smallest absolute Gasteiger partial charge is 0.186 e. The molecule has 6 fully saturated rings. The van der Waals surface area contributed by atoms with E-state index in [0.717, 1.165) is 45.1 Å². The van der Waals surface area contributed by atoms with E-state index in [4.69, 9.17) is 18.9 Å². The van der Waals surface area contributed by atoms with E-state index in [0.29, 0.717) is 47.0 Å². The summed E-state index contributed by atoms with van der Waals surface area (Å²) >= 11 is 0. The zero-order chi connectivity index (χ0) is 28.9. The Morgan fingerprint density at radius 3 is 2.51 bits per heavy atom. The van der Waals surface area contributed by atoms with Crippen molar-refractivity contribution in [2.24, 2.45) is 46.3 Å². The van der Waals surface area contributed by atoms with E-state index in [1.54, 1.807) is 0 Å². The zero-order valence-corrected chi connectivity index (χ0v) is 25.3. The van der Waals surface area contributed by atoms with Crippen LogP contribution in [0.2, 0.25) is 0 Å². The highest BCUT2D eigenvalue weighted by Crippen LogP contribution is 2.70. The van der Waals surface area contributed by atoms with Gasteiger partial charge in [0.1, 0.15) is 24.4 Å². The summed E-state index contributed by atoms with van der Waals surface area (Å²) in [5.41, 5.74) is 1.91. The maximum absolute atomic E-state index is 10.5. The number of rotatable bonds is 3. The van der Waals surface area contributed by atoms with Gasteiger partial charge in [-0.2, -0.15) is 0 Å². The van der Waals surface area contributed by atoms with Gasteiger partial charge in [-0.25, -0.2) is 0 Å². The first-order valence-electron chi connectivity index (χ1n) is 16.5. The van der Waals surface area contributed by atoms with Gasteiger partial charge < -0.3 is 39.4 Å². The summed E-state index contributed by atoms with van der Waals surface area (Å²) in [5.74, 6) is 3.28. The van der Waals surface area contributed by atoms with Gasteiger partial charge in [0.25, 0.3) is 0 Å². The molecule has 0 amide bonds. The SMILES string of the molecule is C[C@@H]1CC[C@@]2(OC1)O[C@H]1C[C@H]3C4CC=C5C[C@H](O[C@@H]6O[C@H](CO)[C@@H](O)[C@H](O)[C@H]6O)CC[C@]5(C)C4CC[C@]3(C)C1[C@@H]2C. The second kappa shape index (κ2) is 10.2. The number of allylic oxidation sites excluding steroid dienone is 1. The van der Waals surface area contributed by atoms with Crippen LogP contribution in [0.4, 0.5) is 0 Å². The maximum Gasteiger partial charge on any atom is 0.186 e. The molecule has 4 aliphatic carbocycles. The van der Waals surface area contributed by atoms with Gasteiger partial charge in [-0.05, 0) is 91.8 Å². The van der Waals surface area contributed by atoms with Crippen LogP contribution in [0.1, 0.15) is 85.5 Å². The molecule has 0 aromatic heterocycles. The molecule has 3 aliphatic heterocycles. The van der Waals surface area contributed by atoms with Gasteiger partial charge in [0.05, 0.1) is 25.4 Å². The molecule has 16 atom stereocenters. The van der Waals surface area contributed by atoms with Crippen LogP contribution in [0, 0.1) is 46.3 Å². The summed E-state index contributed by atoms with van der Waals surface area (Å²) in [6.45, 7) is 10.1. The summed E-state index contributed by atoms with van der Waals surface area (Å²) < 4.78 is 25.3. The predicted octanol–water partition coefficient (Wildman–Crippen LogP) is 3.54. The minimum absolute atomic E-state index is 0.129. The summed E-state index contributed by atoms with van der Waals surface area (Å²) in [6, 6.07) is 0. The van der Waals surface area contributed by atoms with Crippen molar-refractivity contribution in [1.29, 1.82) is 0 Å². The molecule has 0 aromatic rings. The van der Waals surface area contributed by atoms with Crippen LogP contribution in [0.5, 0.6) is 0 Å². The Hall–Kier alpha value is -0.580. The van der Waals surface area contributed by atoms with Gasteiger partial charge in [-0.15, -0.1) is 0 Å². The van der Waals surface area contributed by atoms with Crippen molar-refractivity contribution >= 4 is 0 Å². The average molecular weight is 577 g/mol. The van der Waals surface area contributed by atoms with E-state index in [1.165, 1.54) is 24.8 Å². The minimum Gasteiger partial charge on any atom is -0.394 e. The Balaban J connectivity index is 1.05. The van der Waals surface area contributed by atoms with Crippen molar-refractivity contribution in [2.75, 3.05) is 13.2 Å². The Bertz CT molecular complexity index is 1020. The molecule has 4 N–H and O–H groups in total. The normalized spacial score (nSPS) is 58.3. The number of aliphatic hydroxyl groups excluding tert-OH is 4. The molecule has 0 radical (unpaired) electrons.